The zero-order valence-corrected chi connectivity index (χ0v) is 18.9. The van der Waals surface area contributed by atoms with Crippen LogP contribution in [0.5, 0.6) is 0 Å². The van der Waals surface area contributed by atoms with Gasteiger partial charge in [0.1, 0.15) is 5.82 Å². The summed E-state index contributed by atoms with van der Waals surface area (Å²) in [5, 5.41) is 3.52. The Kier molecular flexibility index (Phi) is 7.17. The summed E-state index contributed by atoms with van der Waals surface area (Å²) in [4.78, 5) is 42.1. The van der Waals surface area contributed by atoms with Crippen LogP contribution in [0.25, 0.3) is 16.6 Å². The third-order valence-corrected chi connectivity index (χ3v) is 6.11. The zero-order valence-electron chi connectivity index (χ0n) is 18.9. The highest BCUT2D eigenvalue weighted by Crippen LogP contribution is 2.17. The van der Waals surface area contributed by atoms with Crippen LogP contribution in [-0.4, -0.2) is 34.1 Å². The first-order chi connectivity index (χ1) is 16.0. The van der Waals surface area contributed by atoms with Gasteiger partial charge in [0.05, 0.1) is 22.2 Å². The van der Waals surface area contributed by atoms with Crippen molar-refractivity contribution in [1.82, 2.24) is 14.9 Å². The molecule has 1 N–H and O–H groups in total. The molecule has 2 aromatic carbocycles. The molecule has 7 heteroatoms. The Hall–Kier alpha value is -3.48. The molecule has 1 saturated carbocycles. The monoisotopic (exact) mass is 447 g/mol. The van der Waals surface area contributed by atoms with Gasteiger partial charge in [0.2, 0.25) is 0 Å². The van der Waals surface area contributed by atoms with Crippen molar-refractivity contribution < 1.29 is 14.3 Å². The van der Waals surface area contributed by atoms with Crippen LogP contribution in [-0.2, 0) is 9.53 Å². The molecule has 172 valence electrons. The van der Waals surface area contributed by atoms with Gasteiger partial charge in [-0.3, -0.25) is 14.2 Å². The van der Waals surface area contributed by atoms with E-state index in [0.717, 1.165) is 25.7 Å². The minimum Gasteiger partial charge on any atom is -0.452 e. The number of benzene rings is 2. The highest BCUT2D eigenvalue weighted by atomic mass is 16.5. The van der Waals surface area contributed by atoms with Crippen LogP contribution in [0.1, 0.15) is 61.1 Å². The van der Waals surface area contributed by atoms with E-state index in [1.54, 1.807) is 49.4 Å². The number of hydrogen-bond donors (Lipinski definition) is 1. The second kappa shape index (κ2) is 10.4. The minimum absolute atomic E-state index is 0.160. The summed E-state index contributed by atoms with van der Waals surface area (Å²) in [6.45, 7) is 1.47. The molecule has 1 aliphatic rings. The van der Waals surface area contributed by atoms with Crippen LogP contribution in [0.15, 0.2) is 53.3 Å². The summed E-state index contributed by atoms with van der Waals surface area (Å²) in [6, 6.07) is 13.9. The van der Waals surface area contributed by atoms with Gasteiger partial charge in [0, 0.05) is 6.04 Å². The molecule has 1 fully saturated rings. The molecule has 1 aromatic heterocycles. The van der Waals surface area contributed by atoms with Crippen molar-refractivity contribution in [3.63, 3.8) is 0 Å². The molecule has 0 atom stereocenters. The number of rotatable bonds is 5. The largest absolute Gasteiger partial charge is 0.452 e. The number of nitrogens with zero attached hydrogens (tertiary/aromatic N) is 2. The molecule has 0 saturated heterocycles. The van der Waals surface area contributed by atoms with Crippen molar-refractivity contribution >= 4 is 22.8 Å². The number of nitrogens with one attached hydrogen (secondary N) is 1. The molecular formula is C26H29N3O4. The van der Waals surface area contributed by atoms with E-state index >= 15 is 0 Å². The third-order valence-electron chi connectivity index (χ3n) is 6.11. The Morgan fingerprint density at radius 3 is 2.39 bits per heavy atom. The van der Waals surface area contributed by atoms with E-state index in [1.807, 2.05) is 6.07 Å². The predicted octanol–water partition coefficient (Wildman–Crippen LogP) is 4.08. The first kappa shape index (κ1) is 22.7. The molecule has 0 unspecified atom stereocenters. The van der Waals surface area contributed by atoms with Gasteiger partial charge < -0.3 is 10.1 Å². The van der Waals surface area contributed by atoms with Crippen molar-refractivity contribution in [2.24, 2.45) is 0 Å². The average molecular weight is 448 g/mol. The van der Waals surface area contributed by atoms with Crippen LogP contribution < -0.4 is 10.9 Å². The highest BCUT2D eigenvalue weighted by molar-refractivity contribution is 5.91. The van der Waals surface area contributed by atoms with Gasteiger partial charge in [0.25, 0.3) is 11.5 Å². The number of aromatic nitrogens is 2. The molecule has 0 spiro atoms. The number of amides is 1. The second-order valence-electron chi connectivity index (χ2n) is 8.55. The molecule has 33 heavy (non-hydrogen) atoms. The van der Waals surface area contributed by atoms with Crippen LogP contribution in [0.3, 0.4) is 0 Å². The topological polar surface area (TPSA) is 90.3 Å². The maximum absolute atomic E-state index is 12.9. The van der Waals surface area contributed by atoms with Crippen molar-refractivity contribution in [2.45, 2.75) is 57.9 Å². The number of ether oxygens (including phenoxy) is 1. The van der Waals surface area contributed by atoms with Gasteiger partial charge in [-0.2, -0.15) is 0 Å². The number of carbonyl (C=O) groups excluding carboxylic acids is 2. The molecule has 1 aliphatic carbocycles. The van der Waals surface area contributed by atoms with E-state index in [2.05, 4.69) is 10.3 Å². The standard InChI is InChI=1S/C26H29N3O4/c1-18-27-23-12-8-7-11-22(23)25(31)29(18)21-15-13-19(14-16-21)26(32)33-17-24(30)28-20-9-5-3-2-4-6-10-20/h7-8,11-16,20H,2-6,9-10,17H2,1H3,(H,28,30). The molecule has 4 rings (SSSR count). The second-order valence-corrected chi connectivity index (χ2v) is 8.55. The fourth-order valence-corrected chi connectivity index (χ4v) is 4.38. The quantitative estimate of drug-likeness (QED) is 0.595. The van der Waals surface area contributed by atoms with E-state index < -0.39 is 5.97 Å². The summed E-state index contributed by atoms with van der Waals surface area (Å²) in [7, 11) is 0. The number of esters is 1. The van der Waals surface area contributed by atoms with E-state index in [1.165, 1.54) is 23.8 Å². The van der Waals surface area contributed by atoms with Gasteiger partial charge in [-0.05, 0) is 56.2 Å². The lowest BCUT2D eigenvalue weighted by atomic mass is 9.97. The Morgan fingerprint density at radius 1 is 1.00 bits per heavy atom. The van der Waals surface area contributed by atoms with Gasteiger partial charge in [-0.1, -0.05) is 44.2 Å². The SMILES string of the molecule is Cc1nc2ccccc2c(=O)n1-c1ccc(C(=O)OCC(=O)NC2CCCCCCC2)cc1. The van der Waals surface area contributed by atoms with Gasteiger partial charge >= 0.3 is 5.97 Å². The van der Waals surface area contributed by atoms with E-state index in [4.69, 9.17) is 4.74 Å². The van der Waals surface area contributed by atoms with E-state index in [0.29, 0.717) is 28.0 Å². The summed E-state index contributed by atoms with van der Waals surface area (Å²) < 4.78 is 6.72. The van der Waals surface area contributed by atoms with Crippen molar-refractivity contribution in [2.75, 3.05) is 6.61 Å². The van der Waals surface area contributed by atoms with Crippen LogP contribution >= 0.6 is 0 Å². The fraction of sp³-hybridized carbons (Fsp3) is 0.385. The summed E-state index contributed by atoms with van der Waals surface area (Å²) >= 11 is 0. The first-order valence-corrected chi connectivity index (χ1v) is 11.6. The molecule has 1 amide bonds. The summed E-state index contributed by atoms with van der Waals surface area (Å²) in [5.41, 5.74) is 1.40. The Bertz CT molecular complexity index is 1190. The van der Waals surface area contributed by atoms with Crippen molar-refractivity contribution in [3.05, 3.63) is 70.3 Å². The molecule has 0 radical (unpaired) electrons. The summed E-state index contributed by atoms with van der Waals surface area (Å²) in [6.07, 6.45) is 7.87. The lowest BCUT2D eigenvalue weighted by molar-refractivity contribution is -0.125. The van der Waals surface area contributed by atoms with Crippen LogP contribution in [0, 0.1) is 6.92 Å². The zero-order chi connectivity index (χ0) is 23.2. The molecule has 0 aliphatic heterocycles. The number of aryl methyl sites for hydroxylation is 1. The molecule has 3 aromatic rings. The third kappa shape index (κ3) is 5.48. The van der Waals surface area contributed by atoms with E-state index in [-0.39, 0.29) is 24.1 Å². The fourth-order valence-electron chi connectivity index (χ4n) is 4.38. The van der Waals surface area contributed by atoms with Crippen LogP contribution in [0.2, 0.25) is 0 Å². The van der Waals surface area contributed by atoms with Gasteiger partial charge in [0.15, 0.2) is 6.61 Å². The average Bonchev–Trinajstić information content (AvgIpc) is 2.79. The Morgan fingerprint density at radius 2 is 1.67 bits per heavy atom. The number of para-hydroxylation sites is 1. The number of fused-ring (bicyclic) bond motifs is 1. The lowest BCUT2D eigenvalue weighted by Crippen LogP contribution is -2.38. The lowest BCUT2D eigenvalue weighted by Gasteiger charge is -2.20. The van der Waals surface area contributed by atoms with Crippen molar-refractivity contribution in [1.29, 1.82) is 0 Å². The Labute approximate surface area is 192 Å². The number of carbonyl (C=O) groups is 2. The highest BCUT2D eigenvalue weighted by Gasteiger charge is 2.16. The maximum atomic E-state index is 12.9. The molecule has 0 bridgehead atoms. The maximum Gasteiger partial charge on any atom is 0.338 e. The normalized spacial score (nSPS) is 14.9. The van der Waals surface area contributed by atoms with Gasteiger partial charge in [-0.25, -0.2) is 9.78 Å². The molecule has 7 nitrogen and oxygen atoms in total. The van der Waals surface area contributed by atoms with E-state index in [9.17, 15) is 14.4 Å². The Balaban J connectivity index is 1.39. The van der Waals surface area contributed by atoms with Crippen LogP contribution in [0.4, 0.5) is 0 Å². The van der Waals surface area contributed by atoms with Gasteiger partial charge in [-0.15, -0.1) is 0 Å². The molecule has 1 heterocycles. The minimum atomic E-state index is -0.574. The van der Waals surface area contributed by atoms with Crippen molar-refractivity contribution in [3.8, 4) is 5.69 Å². The summed E-state index contributed by atoms with van der Waals surface area (Å²) in [5.74, 6) is -0.287. The first-order valence-electron chi connectivity index (χ1n) is 11.6. The number of hydrogen-bond acceptors (Lipinski definition) is 5. The predicted molar refractivity (Wildman–Crippen MR) is 127 cm³/mol. The molecular weight excluding hydrogens is 418 g/mol. The smallest absolute Gasteiger partial charge is 0.338 e.